The molecule has 0 saturated heterocycles. The number of carbonyl (C=O) groups is 1. The summed E-state index contributed by atoms with van der Waals surface area (Å²) in [6, 6.07) is 0. The number of esters is 1. The Kier molecular flexibility index (Phi) is 21.2. The van der Waals surface area contributed by atoms with Crippen LogP contribution >= 0.6 is 0 Å². The zero-order chi connectivity index (χ0) is 40.2. The van der Waals surface area contributed by atoms with Crippen molar-refractivity contribution in [3.8, 4) is 0 Å². The first-order valence-electron chi connectivity index (χ1n) is 25.0. The third-order valence-electron chi connectivity index (χ3n) is 16.2. The highest BCUT2D eigenvalue weighted by atomic mass is 16.5. The molecule has 2 nitrogen and oxygen atoms in total. The summed E-state index contributed by atoms with van der Waals surface area (Å²) in [6.07, 6.45) is 52.9. The largest absolute Gasteiger partial charge is 0.462 e. The zero-order valence-electron chi connectivity index (χ0n) is 38.3. The number of rotatable bonds is 27. The van der Waals surface area contributed by atoms with Gasteiger partial charge in [-0.2, -0.15) is 0 Å². The molecule has 4 aliphatic carbocycles. The highest BCUT2D eigenvalue weighted by Gasteiger charge is 2.59. The summed E-state index contributed by atoms with van der Waals surface area (Å²) in [6.45, 7) is 17.1. The van der Waals surface area contributed by atoms with Gasteiger partial charge in [0.1, 0.15) is 6.10 Å². The normalized spacial score (nSPS) is 30.1. The lowest BCUT2D eigenvalue weighted by Crippen LogP contribution is -2.51. The van der Waals surface area contributed by atoms with Crippen LogP contribution in [0.5, 0.6) is 0 Å². The van der Waals surface area contributed by atoms with Crippen LogP contribution in [0.1, 0.15) is 228 Å². The summed E-state index contributed by atoms with van der Waals surface area (Å²) in [4.78, 5) is 12.9. The van der Waals surface area contributed by atoms with Crippen molar-refractivity contribution < 1.29 is 9.53 Å². The number of fused-ring (bicyclic) bond motifs is 5. The fourth-order valence-corrected chi connectivity index (χ4v) is 12.1. The number of unbranched alkanes of at least 4 members (excludes halogenated alkanes) is 16. The second-order valence-corrected chi connectivity index (χ2v) is 20.5. The van der Waals surface area contributed by atoms with Crippen molar-refractivity contribution in [3.63, 3.8) is 0 Å². The lowest BCUT2D eigenvalue weighted by Gasteiger charge is -2.58. The molecule has 0 aromatic carbocycles. The van der Waals surface area contributed by atoms with Gasteiger partial charge in [0.25, 0.3) is 0 Å². The highest BCUT2D eigenvalue weighted by molar-refractivity contribution is 5.69. The Morgan fingerprint density at radius 2 is 1.32 bits per heavy atom. The molecule has 320 valence electrons. The van der Waals surface area contributed by atoms with E-state index in [2.05, 4.69) is 91.0 Å². The molecule has 0 amide bonds. The van der Waals surface area contributed by atoms with Crippen LogP contribution < -0.4 is 0 Å². The number of allylic oxidation sites excluding steroid dienone is 7. The summed E-state index contributed by atoms with van der Waals surface area (Å²) in [7, 11) is 0. The standard InChI is InChI=1S/C54H92O2/c1-8-9-10-11-12-13-14-15-16-17-18-19-20-21-22-23-24-25-26-27-28-29-30-31-52(55)56-47-38-40-53(6)46(42-47)34-35-48-50-37-36-49(54(50,7)41-39-51(48)53)45(5)33-32-44(4)43(2)3/h12-13,15-16,32-34,43-45,47-51H,8-11,14,17-31,35-42H2,1-7H3/b13-12-,16-15-,33-32+. The van der Waals surface area contributed by atoms with Gasteiger partial charge in [0, 0.05) is 12.8 Å². The van der Waals surface area contributed by atoms with Crippen molar-refractivity contribution in [1.29, 1.82) is 0 Å². The SMILES string of the molecule is CCCCC/C=C\C/C=C\CCCCCCCCCCCCCCCC(=O)OC1CCC2(C)C(=CCC3C2CCC2(C)C(C(C)/C=C/C(C)C(C)C)CCC32)C1. The van der Waals surface area contributed by atoms with Gasteiger partial charge in [-0.15, -0.1) is 0 Å². The number of hydrogen-bond acceptors (Lipinski definition) is 2. The summed E-state index contributed by atoms with van der Waals surface area (Å²) in [5.41, 5.74) is 2.44. The molecular formula is C54H92O2. The van der Waals surface area contributed by atoms with Gasteiger partial charge >= 0.3 is 5.97 Å². The average Bonchev–Trinajstić information content (AvgIpc) is 3.54. The summed E-state index contributed by atoms with van der Waals surface area (Å²) in [5, 5.41) is 0. The van der Waals surface area contributed by atoms with Gasteiger partial charge in [-0.1, -0.05) is 180 Å². The van der Waals surface area contributed by atoms with E-state index in [-0.39, 0.29) is 12.1 Å². The van der Waals surface area contributed by atoms with E-state index in [0.717, 1.165) is 55.3 Å². The monoisotopic (exact) mass is 773 g/mol. The van der Waals surface area contributed by atoms with Gasteiger partial charge < -0.3 is 4.74 Å². The Hall–Kier alpha value is -1.57. The van der Waals surface area contributed by atoms with Crippen molar-refractivity contribution in [2.45, 2.75) is 234 Å². The topological polar surface area (TPSA) is 26.3 Å². The maximum absolute atomic E-state index is 12.9. The van der Waals surface area contributed by atoms with Crippen LogP contribution in [0, 0.1) is 52.3 Å². The fourth-order valence-electron chi connectivity index (χ4n) is 12.1. The van der Waals surface area contributed by atoms with Crippen LogP contribution in [0.4, 0.5) is 0 Å². The van der Waals surface area contributed by atoms with Gasteiger partial charge in [0.2, 0.25) is 0 Å². The smallest absolute Gasteiger partial charge is 0.306 e. The third kappa shape index (κ3) is 14.3. The molecule has 4 rings (SSSR count). The van der Waals surface area contributed by atoms with Gasteiger partial charge in [0.15, 0.2) is 0 Å². The Morgan fingerprint density at radius 1 is 0.714 bits per heavy atom. The first-order chi connectivity index (χ1) is 27.1. The first kappa shape index (κ1) is 47.1. The highest BCUT2D eigenvalue weighted by Crippen LogP contribution is 2.67. The van der Waals surface area contributed by atoms with Crippen LogP contribution in [0.25, 0.3) is 0 Å². The van der Waals surface area contributed by atoms with E-state index in [0.29, 0.717) is 29.1 Å². The van der Waals surface area contributed by atoms with E-state index in [1.165, 1.54) is 148 Å². The summed E-state index contributed by atoms with van der Waals surface area (Å²) in [5.74, 6) is 5.47. The second kappa shape index (κ2) is 25.1. The molecule has 3 saturated carbocycles. The molecule has 2 heteroatoms. The molecule has 56 heavy (non-hydrogen) atoms. The first-order valence-corrected chi connectivity index (χ1v) is 25.0. The van der Waals surface area contributed by atoms with E-state index >= 15 is 0 Å². The van der Waals surface area contributed by atoms with Crippen LogP contribution in [-0.2, 0) is 9.53 Å². The Bertz CT molecular complexity index is 1220. The summed E-state index contributed by atoms with van der Waals surface area (Å²) >= 11 is 0. The summed E-state index contributed by atoms with van der Waals surface area (Å²) < 4.78 is 6.16. The molecule has 0 aromatic rings. The lowest BCUT2D eigenvalue weighted by molar-refractivity contribution is -0.151. The van der Waals surface area contributed by atoms with Gasteiger partial charge in [-0.05, 0) is 136 Å². The Morgan fingerprint density at radius 3 is 1.95 bits per heavy atom. The van der Waals surface area contributed by atoms with E-state index in [1.807, 2.05) is 0 Å². The van der Waals surface area contributed by atoms with E-state index < -0.39 is 0 Å². The molecule has 9 atom stereocenters. The third-order valence-corrected chi connectivity index (χ3v) is 16.2. The molecule has 0 aromatic heterocycles. The molecule has 3 fully saturated rings. The molecule has 0 N–H and O–H groups in total. The van der Waals surface area contributed by atoms with Crippen molar-refractivity contribution in [1.82, 2.24) is 0 Å². The van der Waals surface area contributed by atoms with Gasteiger partial charge in [0.05, 0.1) is 0 Å². The van der Waals surface area contributed by atoms with Gasteiger partial charge in [-0.25, -0.2) is 0 Å². The predicted octanol–water partition coefficient (Wildman–Crippen LogP) is 16.9. The molecule has 0 radical (unpaired) electrons. The predicted molar refractivity (Wildman–Crippen MR) is 244 cm³/mol. The maximum atomic E-state index is 12.9. The molecule has 4 aliphatic rings. The fraction of sp³-hybridized carbons (Fsp3) is 0.833. The number of ether oxygens (including phenoxy) is 1. The van der Waals surface area contributed by atoms with Crippen molar-refractivity contribution in [2.24, 2.45) is 52.3 Å². The Balaban J connectivity index is 1.01. The zero-order valence-corrected chi connectivity index (χ0v) is 38.3. The Labute approximate surface area is 349 Å². The van der Waals surface area contributed by atoms with E-state index in [9.17, 15) is 4.79 Å². The molecular weight excluding hydrogens is 681 g/mol. The van der Waals surface area contributed by atoms with Crippen LogP contribution in [0.2, 0.25) is 0 Å². The minimum atomic E-state index is 0.0571. The maximum Gasteiger partial charge on any atom is 0.306 e. The van der Waals surface area contributed by atoms with E-state index in [4.69, 9.17) is 4.74 Å². The van der Waals surface area contributed by atoms with Crippen molar-refractivity contribution >= 4 is 5.97 Å². The molecule has 0 heterocycles. The minimum Gasteiger partial charge on any atom is -0.462 e. The number of hydrogen-bond donors (Lipinski definition) is 0. The molecule has 0 bridgehead atoms. The molecule has 0 spiro atoms. The number of carbonyl (C=O) groups excluding carboxylic acids is 1. The van der Waals surface area contributed by atoms with Crippen LogP contribution in [0.15, 0.2) is 48.1 Å². The minimum absolute atomic E-state index is 0.0571. The average molecular weight is 773 g/mol. The molecule has 0 aliphatic heterocycles. The van der Waals surface area contributed by atoms with Crippen molar-refractivity contribution in [2.75, 3.05) is 0 Å². The van der Waals surface area contributed by atoms with Gasteiger partial charge in [-0.3, -0.25) is 4.79 Å². The lowest BCUT2D eigenvalue weighted by atomic mass is 9.47. The second-order valence-electron chi connectivity index (χ2n) is 20.5. The van der Waals surface area contributed by atoms with Crippen LogP contribution in [0.3, 0.4) is 0 Å². The quantitative estimate of drug-likeness (QED) is 0.0472. The van der Waals surface area contributed by atoms with Crippen LogP contribution in [-0.4, -0.2) is 12.1 Å². The molecule has 9 unspecified atom stereocenters. The van der Waals surface area contributed by atoms with E-state index in [1.54, 1.807) is 5.57 Å². The van der Waals surface area contributed by atoms with Crippen molar-refractivity contribution in [3.05, 3.63) is 48.1 Å².